The highest BCUT2D eigenvalue weighted by Crippen LogP contribution is 2.50. The van der Waals surface area contributed by atoms with E-state index in [1.54, 1.807) is 0 Å². The van der Waals surface area contributed by atoms with E-state index in [1.807, 2.05) is 0 Å². The summed E-state index contributed by atoms with van der Waals surface area (Å²) in [7, 11) is 0. The smallest absolute Gasteiger partial charge is 0.184 e. The molecule has 2 aliphatic rings. The van der Waals surface area contributed by atoms with Crippen molar-refractivity contribution in [1.82, 2.24) is 0 Å². The summed E-state index contributed by atoms with van der Waals surface area (Å²) in [6, 6.07) is 0. The lowest BCUT2D eigenvalue weighted by atomic mass is 10.1. The van der Waals surface area contributed by atoms with E-state index in [-0.39, 0.29) is 5.54 Å². The number of aliphatic imine (C=N–C) groups is 1. The number of ether oxygens (including phenoxy) is 1. The predicted molar refractivity (Wildman–Crippen MR) is 57.6 cm³/mol. The highest BCUT2D eigenvalue weighted by atomic mass is 32.1. The molecule has 13 heavy (non-hydrogen) atoms. The van der Waals surface area contributed by atoms with Gasteiger partial charge in [0.2, 0.25) is 0 Å². The quantitative estimate of drug-likeness (QED) is 0.692. The summed E-state index contributed by atoms with van der Waals surface area (Å²) in [6.45, 7) is 4.96. The van der Waals surface area contributed by atoms with E-state index in [0.717, 1.165) is 24.7 Å². The van der Waals surface area contributed by atoms with Gasteiger partial charge in [-0.05, 0) is 37.9 Å². The first-order valence-electron chi connectivity index (χ1n) is 4.88. The van der Waals surface area contributed by atoms with Gasteiger partial charge in [0.15, 0.2) is 5.90 Å². The zero-order valence-corrected chi connectivity index (χ0v) is 9.23. The number of thiol groups is 1. The van der Waals surface area contributed by atoms with Crippen LogP contribution in [-0.2, 0) is 4.74 Å². The van der Waals surface area contributed by atoms with Crippen LogP contribution in [0.3, 0.4) is 0 Å². The summed E-state index contributed by atoms with van der Waals surface area (Å²) in [6.07, 6.45) is 3.58. The van der Waals surface area contributed by atoms with E-state index in [2.05, 4.69) is 31.5 Å². The van der Waals surface area contributed by atoms with Gasteiger partial charge < -0.3 is 4.74 Å². The molecule has 0 saturated heterocycles. The zero-order valence-electron chi connectivity index (χ0n) is 8.34. The van der Waals surface area contributed by atoms with Gasteiger partial charge >= 0.3 is 0 Å². The number of nitrogens with zero attached hydrogens (tertiary/aromatic N) is 1. The lowest BCUT2D eigenvalue weighted by molar-refractivity contribution is 0.269. The van der Waals surface area contributed by atoms with Crippen molar-refractivity contribution in [1.29, 1.82) is 0 Å². The van der Waals surface area contributed by atoms with Crippen LogP contribution in [0, 0.1) is 5.41 Å². The highest BCUT2D eigenvalue weighted by Gasteiger charge is 2.44. The van der Waals surface area contributed by atoms with Gasteiger partial charge in [-0.15, -0.1) is 0 Å². The topological polar surface area (TPSA) is 21.6 Å². The second-order valence-electron chi connectivity index (χ2n) is 4.94. The van der Waals surface area contributed by atoms with E-state index in [1.165, 1.54) is 12.8 Å². The third-order valence-electron chi connectivity index (χ3n) is 2.84. The van der Waals surface area contributed by atoms with Crippen LogP contribution >= 0.6 is 12.6 Å². The Morgan fingerprint density at radius 2 is 2.15 bits per heavy atom. The van der Waals surface area contributed by atoms with Gasteiger partial charge in [0, 0.05) is 6.42 Å². The van der Waals surface area contributed by atoms with Crippen LogP contribution in [0.2, 0.25) is 0 Å². The molecule has 0 aromatic rings. The molecule has 1 aliphatic carbocycles. The maximum Gasteiger partial charge on any atom is 0.184 e. The second kappa shape index (κ2) is 2.91. The van der Waals surface area contributed by atoms with Crippen LogP contribution in [0.1, 0.15) is 33.1 Å². The molecule has 1 heterocycles. The SMILES string of the molecule is CC1(C)COC(CC2(CS)CC2)=N1. The van der Waals surface area contributed by atoms with Crippen molar-refractivity contribution in [3.8, 4) is 0 Å². The Bertz CT molecular complexity index is 243. The van der Waals surface area contributed by atoms with Gasteiger partial charge in [0.05, 0.1) is 5.54 Å². The summed E-state index contributed by atoms with van der Waals surface area (Å²) in [4.78, 5) is 4.55. The molecular formula is C10H17NOS. The van der Waals surface area contributed by atoms with Crippen molar-refractivity contribution in [2.45, 2.75) is 38.6 Å². The first kappa shape index (κ1) is 9.38. The maximum absolute atomic E-state index is 5.56. The molecule has 1 fully saturated rings. The molecule has 0 atom stereocenters. The first-order valence-corrected chi connectivity index (χ1v) is 5.51. The molecule has 1 saturated carbocycles. The summed E-state index contributed by atoms with van der Waals surface area (Å²) in [5, 5.41) is 0. The molecule has 2 rings (SSSR count). The third kappa shape index (κ3) is 2.01. The van der Waals surface area contributed by atoms with Crippen molar-refractivity contribution in [2.24, 2.45) is 10.4 Å². The van der Waals surface area contributed by atoms with E-state index >= 15 is 0 Å². The van der Waals surface area contributed by atoms with Crippen LogP contribution < -0.4 is 0 Å². The molecule has 0 bridgehead atoms. The van der Waals surface area contributed by atoms with Crippen molar-refractivity contribution in [2.75, 3.05) is 12.4 Å². The Labute approximate surface area is 85.2 Å². The minimum absolute atomic E-state index is 0.00200. The molecular weight excluding hydrogens is 182 g/mol. The van der Waals surface area contributed by atoms with Crippen molar-refractivity contribution in [3.05, 3.63) is 0 Å². The fourth-order valence-corrected chi connectivity index (χ4v) is 2.07. The third-order valence-corrected chi connectivity index (χ3v) is 3.51. The molecule has 0 aromatic carbocycles. The van der Waals surface area contributed by atoms with Crippen LogP contribution in [-0.4, -0.2) is 23.8 Å². The van der Waals surface area contributed by atoms with E-state index < -0.39 is 0 Å². The number of rotatable bonds is 3. The van der Waals surface area contributed by atoms with Crippen LogP contribution in [0.25, 0.3) is 0 Å². The highest BCUT2D eigenvalue weighted by molar-refractivity contribution is 7.80. The Morgan fingerprint density at radius 1 is 1.46 bits per heavy atom. The minimum Gasteiger partial charge on any atom is -0.478 e. The van der Waals surface area contributed by atoms with E-state index in [4.69, 9.17) is 4.74 Å². The lowest BCUT2D eigenvalue weighted by Gasteiger charge is -2.10. The first-order chi connectivity index (χ1) is 6.05. The summed E-state index contributed by atoms with van der Waals surface area (Å²) < 4.78 is 5.56. The minimum atomic E-state index is 0.00200. The van der Waals surface area contributed by atoms with Gasteiger partial charge in [-0.1, -0.05) is 0 Å². The van der Waals surface area contributed by atoms with Gasteiger partial charge in [-0.3, -0.25) is 0 Å². The zero-order chi connectivity index (χ0) is 9.53. The Hall–Kier alpha value is -0.180. The predicted octanol–water partition coefficient (Wildman–Crippen LogP) is 2.29. The maximum atomic E-state index is 5.56. The molecule has 1 aliphatic heterocycles. The molecule has 0 spiro atoms. The summed E-state index contributed by atoms with van der Waals surface area (Å²) in [5.41, 5.74) is 0.435. The van der Waals surface area contributed by atoms with Crippen LogP contribution in [0.5, 0.6) is 0 Å². The Balaban J connectivity index is 1.97. The second-order valence-corrected chi connectivity index (χ2v) is 5.26. The summed E-state index contributed by atoms with van der Waals surface area (Å²) in [5.74, 6) is 1.92. The number of hydrogen-bond donors (Lipinski definition) is 1. The largest absolute Gasteiger partial charge is 0.478 e. The van der Waals surface area contributed by atoms with Gasteiger partial charge in [-0.25, -0.2) is 4.99 Å². The Morgan fingerprint density at radius 3 is 2.54 bits per heavy atom. The molecule has 74 valence electrons. The molecule has 0 unspecified atom stereocenters. The monoisotopic (exact) mass is 199 g/mol. The summed E-state index contributed by atoms with van der Waals surface area (Å²) >= 11 is 4.37. The molecule has 0 N–H and O–H groups in total. The average molecular weight is 199 g/mol. The van der Waals surface area contributed by atoms with E-state index in [9.17, 15) is 0 Å². The molecule has 2 nitrogen and oxygen atoms in total. The molecule has 3 heteroatoms. The molecule has 0 radical (unpaired) electrons. The number of hydrogen-bond acceptors (Lipinski definition) is 3. The molecule has 0 aromatic heterocycles. The normalized spacial score (nSPS) is 28.1. The van der Waals surface area contributed by atoms with Crippen molar-refractivity contribution in [3.63, 3.8) is 0 Å². The van der Waals surface area contributed by atoms with Gasteiger partial charge in [-0.2, -0.15) is 12.6 Å². The van der Waals surface area contributed by atoms with E-state index in [0.29, 0.717) is 5.41 Å². The van der Waals surface area contributed by atoms with Crippen molar-refractivity contribution < 1.29 is 4.74 Å². The van der Waals surface area contributed by atoms with Crippen LogP contribution in [0.4, 0.5) is 0 Å². The van der Waals surface area contributed by atoms with Crippen LogP contribution in [0.15, 0.2) is 4.99 Å². The lowest BCUT2D eigenvalue weighted by Crippen LogP contribution is -2.17. The average Bonchev–Trinajstić information content (AvgIpc) is 2.74. The Kier molecular flexibility index (Phi) is 2.10. The van der Waals surface area contributed by atoms with Crippen molar-refractivity contribution >= 4 is 18.5 Å². The fourth-order valence-electron chi connectivity index (χ4n) is 1.64. The van der Waals surface area contributed by atoms with Gasteiger partial charge in [0.1, 0.15) is 6.61 Å². The fraction of sp³-hybridized carbons (Fsp3) is 0.900. The van der Waals surface area contributed by atoms with Gasteiger partial charge in [0.25, 0.3) is 0 Å². The standard InChI is InChI=1S/C10H17NOS/c1-9(2)6-12-8(11-9)5-10(7-13)3-4-10/h13H,3-7H2,1-2H3. The molecule has 0 amide bonds.